The molecule has 4 nitrogen and oxygen atoms in total. The third kappa shape index (κ3) is 2.54. The van der Waals surface area contributed by atoms with E-state index in [2.05, 4.69) is 23.8 Å². The second-order valence-electron chi connectivity index (χ2n) is 4.18. The van der Waals surface area contributed by atoms with Crippen LogP contribution < -0.4 is 10.5 Å². The second-order valence-corrected chi connectivity index (χ2v) is 4.54. The summed E-state index contributed by atoms with van der Waals surface area (Å²) in [6.07, 6.45) is 1.33. The first kappa shape index (κ1) is 12.6. The van der Waals surface area contributed by atoms with Crippen LogP contribution in [0.1, 0.15) is 25.3 Å². The zero-order valence-electron chi connectivity index (χ0n) is 10.2. The molecule has 2 rings (SSSR count). The summed E-state index contributed by atoms with van der Waals surface area (Å²) in [7, 11) is 0. The van der Waals surface area contributed by atoms with Crippen LogP contribution in [0.5, 0.6) is 11.6 Å². The topological polar surface area (TPSA) is 61.0 Å². The predicted molar refractivity (Wildman–Crippen MR) is 72.1 cm³/mol. The predicted octanol–water partition coefficient (Wildman–Crippen LogP) is 3.63. The van der Waals surface area contributed by atoms with Crippen molar-refractivity contribution < 1.29 is 4.74 Å². The summed E-state index contributed by atoms with van der Waals surface area (Å²) >= 11 is 5.83. The van der Waals surface area contributed by atoms with E-state index in [-0.39, 0.29) is 16.7 Å². The summed E-state index contributed by atoms with van der Waals surface area (Å²) in [5, 5.41) is 0.196. The van der Waals surface area contributed by atoms with Crippen LogP contribution in [0, 0.1) is 0 Å². The second kappa shape index (κ2) is 5.23. The van der Waals surface area contributed by atoms with Crippen LogP contribution in [0.2, 0.25) is 5.15 Å². The number of hydrogen-bond acceptors (Lipinski definition) is 4. The van der Waals surface area contributed by atoms with Crippen LogP contribution in [0.15, 0.2) is 30.6 Å². The van der Waals surface area contributed by atoms with Gasteiger partial charge in [0.1, 0.15) is 17.8 Å². The molecule has 0 radical (unpaired) electrons. The van der Waals surface area contributed by atoms with Crippen LogP contribution in [0.25, 0.3) is 0 Å². The summed E-state index contributed by atoms with van der Waals surface area (Å²) in [6.45, 7) is 4.19. The lowest BCUT2D eigenvalue weighted by molar-refractivity contribution is 0.455. The Morgan fingerprint density at radius 3 is 2.67 bits per heavy atom. The van der Waals surface area contributed by atoms with Crippen LogP contribution in [-0.4, -0.2) is 9.97 Å². The number of aromatic nitrogens is 2. The first-order valence-corrected chi connectivity index (χ1v) is 6.00. The van der Waals surface area contributed by atoms with Gasteiger partial charge < -0.3 is 10.5 Å². The molecular weight excluding hydrogens is 250 g/mol. The van der Waals surface area contributed by atoms with Gasteiger partial charge in [0, 0.05) is 0 Å². The molecule has 1 aromatic heterocycles. The van der Waals surface area contributed by atoms with Gasteiger partial charge in [0.05, 0.1) is 0 Å². The van der Waals surface area contributed by atoms with E-state index >= 15 is 0 Å². The molecule has 0 atom stereocenters. The minimum atomic E-state index is 0.196. The Hall–Kier alpha value is -1.81. The van der Waals surface area contributed by atoms with E-state index in [4.69, 9.17) is 22.1 Å². The summed E-state index contributed by atoms with van der Waals surface area (Å²) in [5.74, 6) is 1.36. The molecule has 0 saturated carbocycles. The van der Waals surface area contributed by atoms with Crippen molar-refractivity contribution in [2.45, 2.75) is 19.8 Å². The maximum Gasteiger partial charge on any atom is 0.247 e. The Morgan fingerprint density at radius 1 is 1.22 bits per heavy atom. The first-order valence-electron chi connectivity index (χ1n) is 5.62. The van der Waals surface area contributed by atoms with E-state index < -0.39 is 0 Å². The number of benzene rings is 1. The number of hydrogen-bond donors (Lipinski definition) is 1. The monoisotopic (exact) mass is 263 g/mol. The lowest BCUT2D eigenvalue weighted by atomic mass is 10.0. The van der Waals surface area contributed by atoms with Gasteiger partial charge in [-0.05, 0) is 17.5 Å². The van der Waals surface area contributed by atoms with Crippen LogP contribution in [0.3, 0.4) is 0 Å². The number of ether oxygens (including phenoxy) is 1. The third-order valence-electron chi connectivity index (χ3n) is 2.55. The zero-order valence-corrected chi connectivity index (χ0v) is 11.0. The number of anilines is 1. The highest BCUT2D eigenvalue weighted by molar-refractivity contribution is 6.32. The van der Waals surface area contributed by atoms with E-state index in [9.17, 15) is 0 Å². The van der Waals surface area contributed by atoms with Crippen LogP contribution >= 0.6 is 11.6 Å². The first-order chi connectivity index (χ1) is 8.59. The smallest absolute Gasteiger partial charge is 0.247 e. The standard InChI is InChI=1S/C13H14ClN3O/c1-8(2)9-5-3-4-6-10(9)18-13-11(15)12(14)16-7-17-13/h3-8H,15H2,1-2H3. The molecule has 5 heteroatoms. The van der Waals surface area contributed by atoms with Crippen molar-refractivity contribution in [1.29, 1.82) is 0 Å². The Morgan fingerprint density at radius 2 is 1.94 bits per heavy atom. The molecule has 0 fully saturated rings. The van der Waals surface area contributed by atoms with E-state index in [1.807, 2.05) is 24.3 Å². The minimum absolute atomic E-state index is 0.196. The molecule has 18 heavy (non-hydrogen) atoms. The maximum absolute atomic E-state index is 5.83. The van der Waals surface area contributed by atoms with Gasteiger partial charge in [-0.2, -0.15) is 4.98 Å². The largest absolute Gasteiger partial charge is 0.437 e. The fourth-order valence-corrected chi connectivity index (χ4v) is 1.72. The van der Waals surface area contributed by atoms with Crippen molar-refractivity contribution >= 4 is 17.3 Å². The van der Waals surface area contributed by atoms with Gasteiger partial charge in [0.2, 0.25) is 5.88 Å². The molecule has 0 unspecified atom stereocenters. The number of rotatable bonds is 3. The van der Waals surface area contributed by atoms with Gasteiger partial charge in [0.25, 0.3) is 0 Å². The van der Waals surface area contributed by atoms with E-state index in [1.165, 1.54) is 6.33 Å². The highest BCUT2D eigenvalue weighted by Crippen LogP contribution is 2.33. The molecule has 0 aliphatic rings. The molecule has 0 spiro atoms. The summed E-state index contributed by atoms with van der Waals surface area (Å²) < 4.78 is 5.72. The van der Waals surface area contributed by atoms with Gasteiger partial charge >= 0.3 is 0 Å². The average molecular weight is 264 g/mol. The molecule has 0 saturated heterocycles. The fraction of sp³-hybridized carbons (Fsp3) is 0.231. The van der Waals surface area contributed by atoms with E-state index in [1.54, 1.807) is 0 Å². The van der Waals surface area contributed by atoms with Crippen molar-refractivity contribution in [3.8, 4) is 11.6 Å². The molecule has 1 aromatic carbocycles. The summed E-state index contributed by atoms with van der Waals surface area (Å²) in [4.78, 5) is 7.78. The maximum atomic E-state index is 5.83. The third-order valence-corrected chi connectivity index (χ3v) is 2.85. The van der Waals surface area contributed by atoms with Crippen molar-refractivity contribution in [1.82, 2.24) is 9.97 Å². The van der Waals surface area contributed by atoms with Gasteiger partial charge in [-0.3, -0.25) is 0 Å². The molecule has 0 bridgehead atoms. The average Bonchev–Trinajstić information content (AvgIpc) is 2.35. The Bertz CT molecular complexity index is 558. The number of nitrogen functional groups attached to an aromatic ring is 1. The normalized spacial score (nSPS) is 10.7. The van der Waals surface area contributed by atoms with Crippen molar-refractivity contribution in [2.75, 3.05) is 5.73 Å². The molecule has 1 heterocycles. The minimum Gasteiger partial charge on any atom is -0.437 e. The van der Waals surface area contributed by atoms with Gasteiger partial charge in [-0.25, -0.2) is 4.98 Å². The van der Waals surface area contributed by atoms with Gasteiger partial charge in [-0.15, -0.1) is 0 Å². The van der Waals surface area contributed by atoms with Gasteiger partial charge in [-0.1, -0.05) is 43.6 Å². The fourth-order valence-electron chi connectivity index (χ4n) is 1.60. The van der Waals surface area contributed by atoms with E-state index in [0.29, 0.717) is 5.92 Å². The molecule has 0 aliphatic carbocycles. The number of halogens is 1. The Balaban J connectivity index is 2.37. The van der Waals surface area contributed by atoms with Crippen molar-refractivity contribution in [3.63, 3.8) is 0 Å². The number of nitrogens with two attached hydrogens (primary N) is 1. The highest BCUT2D eigenvalue weighted by Gasteiger charge is 2.12. The molecular formula is C13H14ClN3O. The number of para-hydroxylation sites is 1. The van der Waals surface area contributed by atoms with Crippen LogP contribution in [0.4, 0.5) is 5.69 Å². The zero-order chi connectivity index (χ0) is 13.1. The molecule has 0 amide bonds. The van der Waals surface area contributed by atoms with Crippen molar-refractivity contribution in [3.05, 3.63) is 41.3 Å². The van der Waals surface area contributed by atoms with Crippen molar-refractivity contribution in [2.24, 2.45) is 0 Å². The molecule has 2 aromatic rings. The Kier molecular flexibility index (Phi) is 3.67. The lowest BCUT2D eigenvalue weighted by Gasteiger charge is -2.13. The number of nitrogens with zero attached hydrogens (tertiary/aromatic N) is 2. The summed E-state index contributed by atoms with van der Waals surface area (Å²) in [6, 6.07) is 7.77. The molecule has 0 aliphatic heterocycles. The highest BCUT2D eigenvalue weighted by atomic mass is 35.5. The molecule has 94 valence electrons. The van der Waals surface area contributed by atoms with Gasteiger partial charge in [0.15, 0.2) is 5.15 Å². The van der Waals surface area contributed by atoms with Crippen LogP contribution in [-0.2, 0) is 0 Å². The molecule has 2 N–H and O–H groups in total. The quantitative estimate of drug-likeness (QED) is 0.859. The summed E-state index contributed by atoms with van der Waals surface area (Å²) in [5.41, 5.74) is 7.11. The Labute approximate surface area is 111 Å². The SMILES string of the molecule is CC(C)c1ccccc1Oc1ncnc(Cl)c1N. The lowest BCUT2D eigenvalue weighted by Crippen LogP contribution is -2.00. The van der Waals surface area contributed by atoms with E-state index in [0.717, 1.165) is 11.3 Å².